The molecule has 0 bridgehead atoms. The lowest BCUT2D eigenvalue weighted by Crippen LogP contribution is -2.24. The van der Waals surface area contributed by atoms with Crippen molar-refractivity contribution in [1.29, 1.82) is 0 Å². The smallest absolute Gasteiger partial charge is 0.224 e. The van der Waals surface area contributed by atoms with Gasteiger partial charge in [0.05, 0.1) is 6.42 Å². The number of halogens is 1. The minimum Gasteiger partial charge on any atom is -0.356 e. The van der Waals surface area contributed by atoms with E-state index in [1.807, 2.05) is 31.2 Å². The van der Waals surface area contributed by atoms with Gasteiger partial charge in [0.1, 0.15) is 0 Å². The molecule has 0 saturated carbocycles. The Morgan fingerprint density at radius 2 is 2.31 bits per heavy atom. The summed E-state index contributed by atoms with van der Waals surface area (Å²) in [5.74, 6) is 0.0875. The third kappa shape index (κ3) is 3.76. The summed E-state index contributed by atoms with van der Waals surface area (Å²) in [5.41, 5.74) is 1.07. The van der Waals surface area contributed by atoms with Gasteiger partial charge in [0, 0.05) is 10.1 Å². The molecule has 0 heterocycles. The van der Waals surface area contributed by atoms with Gasteiger partial charge >= 0.3 is 0 Å². The van der Waals surface area contributed by atoms with Crippen LogP contribution in [0.2, 0.25) is 0 Å². The first-order chi connectivity index (χ1) is 6.22. The van der Waals surface area contributed by atoms with Crippen molar-refractivity contribution in [3.05, 3.63) is 33.4 Å². The van der Waals surface area contributed by atoms with Gasteiger partial charge in [-0.1, -0.05) is 12.1 Å². The van der Waals surface area contributed by atoms with E-state index in [9.17, 15) is 4.79 Å². The van der Waals surface area contributed by atoms with Crippen LogP contribution in [0.3, 0.4) is 0 Å². The highest BCUT2D eigenvalue weighted by Gasteiger charge is 2.01. The van der Waals surface area contributed by atoms with E-state index in [4.69, 9.17) is 0 Å². The normalized spacial score (nSPS) is 9.69. The van der Waals surface area contributed by atoms with Gasteiger partial charge in [-0.3, -0.25) is 4.79 Å². The first kappa shape index (κ1) is 10.5. The zero-order chi connectivity index (χ0) is 9.68. The van der Waals surface area contributed by atoms with Crippen molar-refractivity contribution in [3.8, 4) is 0 Å². The Hall–Kier alpha value is -0.580. The van der Waals surface area contributed by atoms with Crippen molar-refractivity contribution in [2.24, 2.45) is 0 Å². The molecule has 3 heteroatoms. The average Bonchev–Trinajstić information content (AvgIpc) is 2.04. The molecular formula is C10H12INO. The lowest BCUT2D eigenvalue weighted by atomic mass is 10.1. The second kappa shape index (κ2) is 5.21. The van der Waals surface area contributed by atoms with Crippen LogP contribution in [0, 0.1) is 3.57 Å². The molecule has 0 radical (unpaired) electrons. The number of likely N-dealkylation sites (N-methyl/N-ethyl adjacent to an activating group) is 1. The second-order valence-corrected chi connectivity index (χ2v) is 4.01. The quantitative estimate of drug-likeness (QED) is 0.847. The largest absolute Gasteiger partial charge is 0.356 e. The molecule has 0 aromatic heterocycles. The van der Waals surface area contributed by atoms with E-state index in [1.165, 1.54) is 3.57 Å². The van der Waals surface area contributed by atoms with Gasteiger partial charge in [0.25, 0.3) is 0 Å². The van der Waals surface area contributed by atoms with Crippen molar-refractivity contribution < 1.29 is 4.79 Å². The Labute approximate surface area is 91.9 Å². The first-order valence-electron chi connectivity index (χ1n) is 4.23. The van der Waals surface area contributed by atoms with Crippen molar-refractivity contribution in [1.82, 2.24) is 5.32 Å². The molecule has 0 spiro atoms. The fourth-order valence-electron chi connectivity index (χ4n) is 1.09. The van der Waals surface area contributed by atoms with Gasteiger partial charge in [0.15, 0.2) is 0 Å². The molecule has 0 unspecified atom stereocenters. The molecule has 0 aliphatic carbocycles. The Kier molecular flexibility index (Phi) is 4.21. The van der Waals surface area contributed by atoms with E-state index in [0.717, 1.165) is 5.56 Å². The molecule has 0 fully saturated rings. The maximum atomic E-state index is 11.2. The molecule has 0 saturated heterocycles. The van der Waals surface area contributed by atoms with Crippen LogP contribution in [0.25, 0.3) is 0 Å². The van der Waals surface area contributed by atoms with Crippen molar-refractivity contribution in [2.75, 3.05) is 6.54 Å². The monoisotopic (exact) mass is 289 g/mol. The average molecular weight is 289 g/mol. The highest BCUT2D eigenvalue weighted by Crippen LogP contribution is 2.07. The van der Waals surface area contributed by atoms with Crippen LogP contribution in [0.4, 0.5) is 0 Å². The van der Waals surface area contributed by atoms with Crippen molar-refractivity contribution in [2.45, 2.75) is 13.3 Å². The van der Waals surface area contributed by atoms with E-state index in [-0.39, 0.29) is 5.91 Å². The Balaban J connectivity index is 2.58. The number of carbonyl (C=O) groups excluding carboxylic acids is 1. The predicted molar refractivity (Wildman–Crippen MR) is 61.5 cm³/mol. The molecule has 1 amide bonds. The molecule has 1 aromatic carbocycles. The van der Waals surface area contributed by atoms with Crippen LogP contribution >= 0.6 is 22.6 Å². The zero-order valence-electron chi connectivity index (χ0n) is 7.51. The van der Waals surface area contributed by atoms with Crippen molar-refractivity contribution >= 4 is 28.5 Å². The minimum absolute atomic E-state index is 0.0875. The van der Waals surface area contributed by atoms with Crippen LogP contribution < -0.4 is 5.32 Å². The standard InChI is InChI=1S/C10H12INO/c1-2-12-10(13)7-8-4-3-5-9(11)6-8/h3-6H,2,7H2,1H3,(H,12,13). The molecule has 0 aliphatic heterocycles. The fraction of sp³-hybridized carbons (Fsp3) is 0.300. The summed E-state index contributed by atoms with van der Waals surface area (Å²) in [6, 6.07) is 7.98. The van der Waals surface area contributed by atoms with E-state index in [1.54, 1.807) is 0 Å². The number of hydrogen-bond acceptors (Lipinski definition) is 1. The number of amides is 1. The minimum atomic E-state index is 0.0875. The fourth-order valence-corrected chi connectivity index (χ4v) is 1.70. The summed E-state index contributed by atoms with van der Waals surface area (Å²) in [5, 5.41) is 2.77. The van der Waals surface area contributed by atoms with Crippen LogP contribution in [0.15, 0.2) is 24.3 Å². The number of rotatable bonds is 3. The number of hydrogen-bond donors (Lipinski definition) is 1. The molecule has 13 heavy (non-hydrogen) atoms. The van der Waals surface area contributed by atoms with E-state index >= 15 is 0 Å². The summed E-state index contributed by atoms with van der Waals surface area (Å²) >= 11 is 2.24. The van der Waals surface area contributed by atoms with Gasteiger partial charge in [-0.05, 0) is 47.2 Å². The summed E-state index contributed by atoms with van der Waals surface area (Å²) in [4.78, 5) is 11.2. The first-order valence-corrected chi connectivity index (χ1v) is 5.31. The summed E-state index contributed by atoms with van der Waals surface area (Å²) in [7, 11) is 0. The molecule has 1 N–H and O–H groups in total. The lowest BCUT2D eigenvalue weighted by molar-refractivity contribution is -0.120. The van der Waals surface area contributed by atoms with Crippen LogP contribution in [-0.4, -0.2) is 12.5 Å². The van der Waals surface area contributed by atoms with Crippen molar-refractivity contribution in [3.63, 3.8) is 0 Å². The van der Waals surface area contributed by atoms with E-state index < -0.39 is 0 Å². The third-order valence-corrected chi connectivity index (χ3v) is 2.30. The maximum absolute atomic E-state index is 11.2. The van der Waals surface area contributed by atoms with Gasteiger partial charge in [-0.2, -0.15) is 0 Å². The summed E-state index contributed by atoms with van der Waals surface area (Å²) < 4.78 is 1.17. The predicted octanol–water partition coefficient (Wildman–Crippen LogP) is 1.97. The second-order valence-electron chi connectivity index (χ2n) is 2.76. The van der Waals surface area contributed by atoms with Gasteiger partial charge < -0.3 is 5.32 Å². The molecule has 70 valence electrons. The topological polar surface area (TPSA) is 29.1 Å². The molecule has 0 aliphatic rings. The highest BCUT2D eigenvalue weighted by atomic mass is 127. The molecule has 1 rings (SSSR count). The third-order valence-electron chi connectivity index (χ3n) is 1.63. The van der Waals surface area contributed by atoms with Gasteiger partial charge in [-0.15, -0.1) is 0 Å². The molecular weight excluding hydrogens is 277 g/mol. The maximum Gasteiger partial charge on any atom is 0.224 e. The SMILES string of the molecule is CCNC(=O)Cc1cccc(I)c1. The highest BCUT2D eigenvalue weighted by molar-refractivity contribution is 14.1. The Bertz CT molecular complexity index is 299. The lowest BCUT2D eigenvalue weighted by Gasteiger charge is -2.02. The van der Waals surface area contributed by atoms with Gasteiger partial charge in [0.2, 0.25) is 5.91 Å². The van der Waals surface area contributed by atoms with Crippen LogP contribution in [0.5, 0.6) is 0 Å². The van der Waals surface area contributed by atoms with Gasteiger partial charge in [-0.25, -0.2) is 0 Å². The molecule has 2 nitrogen and oxygen atoms in total. The van der Waals surface area contributed by atoms with Crippen LogP contribution in [-0.2, 0) is 11.2 Å². The van der Waals surface area contributed by atoms with E-state index in [2.05, 4.69) is 27.9 Å². The number of carbonyl (C=O) groups is 1. The number of nitrogens with one attached hydrogen (secondary N) is 1. The molecule has 1 aromatic rings. The number of benzene rings is 1. The zero-order valence-corrected chi connectivity index (χ0v) is 9.67. The van der Waals surface area contributed by atoms with E-state index in [0.29, 0.717) is 13.0 Å². The Morgan fingerprint density at radius 1 is 1.54 bits per heavy atom. The van der Waals surface area contributed by atoms with Crippen LogP contribution in [0.1, 0.15) is 12.5 Å². The Morgan fingerprint density at radius 3 is 2.92 bits per heavy atom. The summed E-state index contributed by atoms with van der Waals surface area (Å²) in [6.07, 6.45) is 0.477. The summed E-state index contributed by atoms with van der Waals surface area (Å²) in [6.45, 7) is 2.62. The molecule has 0 atom stereocenters.